The SMILES string of the molecule is CCc1cc(C(=O)N2CCCC(CC(C)(C)C(N)=O)C2)c2c(C(C)C)noc2n1. The molecule has 1 saturated heterocycles. The Hall–Kier alpha value is -2.44. The van der Waals surface area contributed by atoms with Crippen LogP contribution in [0.2, 0.25) is 0 Å². The van der Waals surface area contributed by atoms with Crippen LogP contribution in [0.15, 0.2) is 10.6 Å². The first-order valence-electron chi connectivity index (χ1n) is 10.5. The summed E-state index contributed by atoms with van der Waals surface area (Å²) in [4.78, 5) is 31.7. The molecule has 1 atom stereocenters. The molecule has 3 heterocycles. The predicted octanol–water partition coefficient (Wildman–Crippen LogP) is 3.66. The molecule has 0 bridgehead atoms. The number of piperidine rings is 1. The monoisotopic (exact) mass is 400 g/mol. The third-order valence-electron chi connectivity index (χ3n) is 5.94. The quantitative estimate of drug-likeness (QED) is 0.797. The minimum Gasteiger partial charge on any atom is -0.369 e. The van der Waals surface area contributed by atoms with Crippen LogP contribution in [-0.4, -0.2) is 39.9 Å². The van der Waals surface area contributed by atoms with Gasteiger partial charge < -0.3 is 15.2 Å². The van der Waals surface area contributed by atoms with Crippen molar-refractivity contribution in [3.63, 3.8) is 0 Å². The topological polar surface area (TPSA) is 102 Å². The molecule has 3 rings (SSSR count). The number of carbonyl (C=O) groups is 2. The molecule has 0 saturated carbocycles. The molecular formula is C22H32N4O3. The van der Waals surface area contributed by atoms with Crippen LogP contribution in [0.25, 0.3) is 11.1 Å². The van der Waals surface area contributed by atoms with Crippen LogP contribution >= 0.6 is 0 Å². The fourth-order valence-corrected chi connectivity index (χ4v) is 4.18. The number of likely N-dealkylation sites (tertiary alicyclic amines) is 1. The van der Waals surface area contributed by atoms with Crippen molar-refractivity contribution in [1.29, 1.82) is 0 Å². The number of pyridine rings is 1. The molecule has 29 heavy (non-hydrogen) atoms. The molecule has 1 aliphatic heterocycles. The molecule has 7 heteroatoms. The summed E-state index contributed by atoms with van der Waals surface area (Å²) in [5.74, 6) is 0.0713. The van der Waals surface area contributed by atoms with Gasteiger partial charge in [0.2, 0.25) is 5.91 Å². The van der Waals surface area contributed by atoms with Crippen LogP contribution in [0.5, 0.6) is 0 Å². The summed E-state index contributed by atoms with van der Waals surface area (Å²) >= 11 is 0. The van der Waals surface area contributed by atoms with Gasteiger partial charge >= 0.3 is 0 Å². The fraction of sp³-hybridized carbons (Fsp3) is 0.636. The average Bonchev–Trinajstić information content (AvgIpc) is 3.10. The lowest BCUT2D eigenvalue weighted by Crippen LogP contribution is -2.43. The maximum absolute atomic E-state index is 13.5. The third-order valence-corrected chi connectivity index (χ3v) is 5.94. The normalized spacial score (nSPS) is 17.9. The number of rotatable bonds is 6. The molecule has 1 fully saturated rings. The Morgan fingerprint density at radius 3 is 2.72 bits per heavy atom. The Balaban J connectivity index is 1.92. The highest BCUT2D eigenvalue weighted by Gasteiger charge is 2.33. The molecule has 2 amide bonds. The third kappa shape index (κ3) is 4.28. The van der Waals surface area contributed by atoms with Gasteiger partial charge in [-0.2, -0.15) is 0 Å². The molecular weight excluding hydrogens is 368 g/mol. The Labute approximate surface area is 172 Å². The molecule has 2 aromatic rings. The van der Waals surface area contributed by atoms with E-state index in [-0.39, 0.29) is 23.7 Å². The highest BCUT2D eigenvalue weighted by Crippen LogP contribution is 2.33. The summed E-state index contributed by atoms with van der Waals surface area (Å²) in [6.07, 6.45) is 3.31. The lowest BCUT2D eigenvalue weighted by molar-refractivity contribution is -0.127. The minimum absolute atomic E-state index is 0.0150. The number of hydrogen-bond donors (Lipinski definition) is 1. The molecule has 1 aliphatic rings. The van der Waals surface area contributed by atoms with Gasteiger partial charge in [0.15, 0.2) is 0 Å². The highest BCUT2D eigenvalue weighted by atomic mass is 16.5. The van der Waals surface area contributed by atoms with Crippen LogP contribution in [0.3, 0.4) is 0 Å². The highest BCUT2D eigenvalue weighted by molar-refractivity contribution is 6.06. The van der Waals surface area contributed by atoms with Gasteiger partial charge in [0.25, 0.3) is 11.6 Å². The summed E-state index contributed by atoms with van der Waals surface area (Å²) in [7, 11) is 0. The number of primary amides is 1. The molecule has 7 nitrogen and oxygen atoms in total. The Morgan fingerprint density at radius 1 is 1.38 bits per heavy atom. The second-order valence-electron chi connectivity index (χ2n) is 9.13. The van der Waals surface area contributed by atoms with Gasteiger partial charge in [-0.1, -0.05) is 39.8 Å². The van der Waals surface area contributed by atoms with Gasteiger partial charge in [-0.15, -0.1) is 0 Å². The zero-order valence-electron chi connectivity index (χ0n) is 18.1. The van der Waals surface area contributed by atoms with Crippen LogP contribution in [0.4, 0.5) is 0 Å². The summed E-state index contributed by atoms with van der Waals surface area (Å²) in [5, 5.41) is 4.91. The maximum atomic E-state index is 13.5. The van der Waals surface area contributed by atoms with Gasteiger partial charge in [-0.25, -0.2) is 4.98 Å². The molecule has 2 N–H and O–H groups in total. The number of aryl methyl sites for hydroxylation is 1. The van der Waals surface area contributed by atoms with E-state index in [4.69, 9.17) is 10.3 Å². The second-order valence-corrected chi connectivity index (χ2v) is 9.13. The Kier molecular flexibility index (Phi) is 5.96. The maximum Gasteiger partial charge on any atom is 0.259 e. The van der Waals surface area contributed by atoms with Crippen molar-refractivity contribution in [1.82, 2.24) is 15.0 Å². The van der Waals surface area contributed by atoms with Crippen LogP contribution < -0.4 is 5.73 Å². The van der Waals surface area contributed by atoms with E-state index in [0.717, 1.165) is 29.6 Å². The standard InChI is InChI=1S/C22H32N4O3/c1-6-15-10-16(17-18(13(2)3)25-29-19(17)24-15)20(27)26-9-7-8-14(12-26)11-22(4,5)21(23)28/h10,13-14H,6-9,11-12H2,1-5H3,(H2,23,28). The van der Waals surface area contributed by atoms with Crippen molar-refractivity contribution < 1.29 is 14.1 Å². The summed E-state index contributed by atoms with van der Waals surface area (Å²) in [6, 6.07) is 1.88. The van der Waals surface area contributed by atoms with E-state index < -0.39 is 5.41 Å². The predicted molar refractivity (Wildman–Crippen MR) is 111 cm³/mol. The number of amides is 2. The van der Waals surface area contributed by atoms with E-state index in [0.29, 0.717) is 37.2 Å². The van der Waals surface area contributed by atoms with E-state index in [1.54, 1.807) is 0 Å². The van der Waals surface area contributed by atoms with Gasteiger partial charge in [0.1, 0.15) is 0 Å². The van der Waals surface area contributed by atoms with E-state index in [1.807, 2.05) is 45.6 Å². The molecule has 1 unspecified atom stereocenters. The number of nitrogens with two attached hydrogens (primary N) is 1. The first-order chi connectivity index (χ1) is 13.6. The number of fused-ring (bicyclic) bond motifs is 1. The largest absolute Gasteiger partial charge is 0.369 e. The summed E-state index contributed by atoms with van der Waals surface area (Å²) in [6.45, 7) is 11.2. The van der Waals surface area contributed by atoms with E-state index >= 15 is 0 Å². The summed E-state index contributed by atoms with van der Waals surface area (Å²) < 4.78 is 5.46. The van der Waals surface area contributed by atoms with E-state index in [1.165, 1.54) is 0 Å². The number of aromatic nitrogens is 2. The van der Waals surface area contributed by atoms with E-state index in [2.05, 4.69) is 10.1 Å². The van der Waals surface area contributed by atoms with Crippen LogP contribution in [0, 0.1) is 11.3 Å². The van der Waals surface area contributed by atoms with Crippen molar-refractivity contribution in [3.05, 3.63) is 23.0 Å². The summed E-state index contributed by atoms with van der Waals surface area (Å²) in [5.41, 5.74) is 7.61. The van der Waals surface area contributed by atoms with Crippen molar-refractivity contribution in [2.45, 2.75) is 66.2 Å². The molecule has 2 aromatic heterocycles. The van der Waals surface area contributed by atoms with Gasteiger partial charge in [0.05, 0.1) is 16.6 Å². The zero-order chi connectivity index (χ0) is 21.3. The number of nitrogens with zero attached hydrogens (tertiary/aromatic N) is 3. The Bertz CT molecular complexity index is 916. The van der Waals surface area contributed by atoms with Crippen molar-refractivity contribution >= 4 is 22.9 Å². The van der Waals surface area contributed by atoms with Crippen LogP contribution in [0.1, 0.15) is 81.5 Å². The minimum atomic E-state index is -0.574. The second kappa shape index (κ2) is 8.13. The average molecular weight is 401 g/mol. The van der Waals surface area contributed by atoms with Gasteiger partial charge in [-0.3, -0.25) is 9.59 Å². The van der Waals surface area contributed by atoms with Crippen molar-refractivity contribution in [3.8, 4) is 0 Å². The van der Waals surface area contributed by atoms with Crippen molar-refractivity contribution in [2.24, 2.45) is 17.1 Å². The lowest BCUT2D eigenvalue weighted by atomic mass is 9.79. The molecule has 0 spiro atoms. The molecule has 158 valence electrons. The lowest BCUT2D eigenvalue weighted by Gasteiger charge is -2.36. The van der Waals surface area contributed by atoms with Gasteiger partial charge in [-0.05, 0) is 43.6 Å². The fourth-order valence-electron chi connectivity index (χ4n) is 4.18. The first-order valence-corrected chi connectivity index (χ1v) is 10.5. The number of hydrogen-bond acceptors (Lipinski definition) is 5. The zero-order valence-corrected chi connectivity index (χ0v) is 18.1. The van der Waals surface area contributed by atoms with Gasteiger partial charge in [0, 0.05) is 24.2 Å². The van der Waals surface area contributed by atoms with Crippen LogP contribution in [-0.2, 0) is 11.2 Å². The smallest absolute Gasteiger partial charge is 0.259 e. The van der Waals surface area contributed by atoms with E-state index in [9.17, 15) is 9.59 Å². The molecule has 0 aromatic carbocycles. The van der Waals surface area contributed by atoms with Crippen molar-refractivity contribution in [2.75, 3.05) is 13.1 Å². The molecule has 0 radical (unpaired) electrons. The Morgan fingerprint density at radius 2 is 2.10 bits per heavy atom. The molecule has 0 aliphatic carbocycles. The first kappa shape index (κ1) is 21.3. The number of carbonyl (C=O) groups excluding carboxylic acids is 2.